The maximum absolute atomic E-state index is 11.4. The molecule has 0 aliphatic carbocycles. The molecule has 1 rings (SSSR count). The number of carbonyl (C=O) groups excluding carboxylic acids is 4. The molecule has 1 aliphatic rings. The minimum absolute atomic E-state index is 0.00449. The van der Waals surface area contributed by atoms with Crippen molar-refractivity contribution in [2.24, 2.45) is 0 Å². The molecule has 0 N–H and O–H groups in total. The Hall–Kier alpha value is -2.24. The van der Waals surface area contributed by atoms with Crippen molar-refractivity contribution in [3.8, 4) is 0 Å². The van der Waals surface area contributed by atoms with E-state index < -0.39 is 54.6 Å². The van der Waals surface area contributed by atoms with Crippen LogP contribution in [-0.4, -0.2) is 95.5 Å². The molecular formula is C17H25N3O8-4. The third-order valence-corrected chi connectivity index (χ3v) is 5.42. The van der Waals surface area contributed by atoms with E-state index in [2.05, 4.69) is 0 Å². The molecule has 1 aliphatic heterocycles. The number of nitrogens with zero attached hydrogens (tertiary/aromatic N) is 3. The average Bonchev–Trinajstić information content (AvgIpc) is 2.79. The van der Waals surface area contributed by atoms with Crippen LogP contribution in [0, 0.1) is 0 Å². The Kier molecular flexibility index (Phi) is 8.33. The van der Waals surface area contributed by atoms with E-state index in [9.17, 15) is 39.6 Å². The lowest BCUT2D eigenvalue weighted by Gasteiger charge is -2.48. The van der Waals surface area contributed by atoms with Gasteiger partial charge in [-0.25, -0.2) is 0 Å². The van der Waals surface area contributed by atoms with E-state index in [-0.39, 0.29) is 32.6 Å². The van der Waals surface area contributed by atoms with Crippen molar-refractivity contribution in [3.63, 3.8) is 0 Å². The Morgan fingerprint density at radius 2 is 1.21 bits per heavy atom. The van der Waals surface area contributed by atoms with Crippen LogP contribution in [-0.2, 0) is 19.2 Å². The van der Waals surface area contributed by atoms with Gasteiger partial charge in [-0.15, -0.1) is 0 Å². The highest BCUT2D eigenvalue weighted by Gasteiger charge is 2.42. The Balaban J connectivity index is 3.41. The summed E-state index contributed by atoms with van der Waals surface area (Å²) in [6.07, 6.45) is 0.222. The Morgan fingerprint density at radius 3 is 1.46 bits per heavy atom. The lowest BCUT2D eigenvalue weighted by atomic mass is 9.91. The SMILES string of the molecule is CCC1(N(CC(=O)[O-])CC(=O)[O-])CN(C(C)C(=O)[O-])CCN(C(C)C(=O)[O-])C1. The monoisotopic (exact) mass is 399 g/mol. The van der Waals surface area contributed by atoms with Crippen LogP contribution in [0.15, 0.2) is 0 Å². The number of hydrogen-bond donors (Lipinski definition) is 0. The summed E-state index contributed by atoms with van der Waals surface area (Å²) in [6, 6.07) is -2.09. The minimum Gasteiger partial charge on any atom is -0.549 e. The fourth-order valence-corrected chi connectivity index (χ4v) is 3.53. The van der Waals surface area contributed by atoms with Crippen molar-refractivity contribution < 1.29 is 39.6 Å². The molecule has 2 unspecified atom stereocenters. The number of carbonyl (C=O) groups is 4. The topological polar surface area (TPSA) is 170 Å². The first-order chi connectivity index (χ1) is 12.9. The largest absolute Gasteiger partial charge is 0.549 e. The smallest absolute Gasteiger partial charge is 0.0583 e. The van der Waals surface area contributed by atoms with Gasteiger partial charge < -0.3 is 39.6 Å². The second-order valence-electron chi connectivity index (χ2n) is 7.11. The quantitative estimate of drug-likeness (QED) is 0.342. The number of hydrogen-bond acceptors (Lipinski definition) is 11. The van der Waals surface area contributed by atoms with Gasteiger partial charge in [0.05, 0.1) is 23.9 Å². The lowest BCUT2D eigenvalue weighted by Crippen LogP contribution is -2.65. The highest BCUT2D eigenvalue weighted by molar-refractivity contribution is 5.72. The van der Waals surface area contributed by atoms with Gasteiger partial charge in [-0.3, -0.25) is 14.7 Å². The zero-order valence-corrected chi connectivity index (χ0v) is 16.2. The summed E-state index contributed by atoms with van der Waals surface area (Å²) in [5.74, 6) is -5.73. The molecule has 1 heterocycles. The van der Waals surface area contributed by atoms with E-state index >= 15 is 0 Å². The molecule has 0 saturated carbocycles. The van der Waals surface area contributed by atoms with Gasteiger partial charge in [-0.2, -0.15) is 0 Å². The first-order valence-corrected chi connectivity index (χ1v) is 8.98. The predicted molar refractivity (Wildman–Crippen MR) is 86.7 cm³/mol. The van der Waals surface area contributed by atoms with E-state index in [0.717, 1.165) is 4.90 Å². The van der Waals surface area contributed by atoms with Gasteiger partial charge >= 0.3 is 0 Å². The molecule has 2 atom stereocenters. The maximum Gasteiger partial charge on any atom is 0.0583 e. The second-order valence-corrected chi connectivity index (χ2v) is 7.11. The number of aliphatic carboxylic acids is 4. The van der Waals surface area contributed by atoms with Crippen molar-refractivity contribution >= 4 is 23.9 Å². The molecule has 0 aromatic carbocycles. The predicted octanol–water partition coefficient (Wildman–Crippen LogP) is -6.17. The van der Waals surface area contributed by atoms with Gasteiger partial charge in [0.25, 0.3) is 0 Å². The fourth-order valence-electron chi connectivity index (χ4n) is 3.53. The van der Waals surface area contributed by atoms with Crippen LogP contribution in [0.3, 0.4) is 0 Å². The van der Waals surface area contributed by atoms with Gasteiger partial charge in [0.1, 0.15) is 0 Å². The maximum atomic E-state index is 11.4. The van der Waals surface area contributed by atoms with E-state index in [1.165, 1.54) is 23.6 Å². The van der Waals surface area contributed by atoms with Gasteiger partial charge in [0, 0.05) is 56.9 Å². The molecule has 0 amide bonds. The normalized spacial score (nSPS) is 23.7. The first kappa shape index (κ1) is 23.8. The summed E-state index contributed by atoms with van der Waals surface area (Å²) < 4.78 is 0. The Labute approximate surface area is 163 Å². The Morgan fingerprint density at radius 1 is 0.857 bits per heavy atom. The molecule has 160 valence electrons. The second kappa shape index (κ2) is 9.80. The summed E-state index contributed by atoms with van der Waals surface area (Å²) in [6.45, 7) is 3.34. The summed E-state index contributed by atoms with van der Waals surface area (Å²) in [7, 11) is 0. The zero-order chi connectivity index (χ0) is 21.6. The Bertz CT molecular complexity index is 565. The molecule has 1 saturated heterocycles. The summed E-state index contributed by atoms with van der Waals surface area (Å²) in [5.41, 5.74) is -1.18. The molecule has 0 spiro atoms. The van der Waals surface area contributed by atoms with Crippen LogP contribution in [0.5, 0.6) is 0 Å². The number of carboxylic acids is 4. The molecule has 1 fully saturated rings. The number of carboxylic acid groups (broad SMARTS) is 4. The van der Waals surface area contributed by atoms with Crippen molar-refractivity contribution in [1.29, 1.82) is 0 Å². The van der Waals surface area contributed by atoms with Crippen LogP contribution in [0.25, 0.3) is 0 Å². The van der Waals surface area contributed by atoms with Crippen LogP contribution >= 0.6 is 0 Å². The standard InChI is InChI=1S/C17H29N3O8/c1-4-17(20(7-13(21)22)8-14(23)24)9-18(11(2)15(25)26)5-6-19(10-17)12(3)16(27)28/h11-12H,4-10H2,1-3H3,(H,21,22)(H,23,24)(H,25,26)(H,27,28)/p-4. The highest BCUT2D eigenvalue weighted by Crippen LogP contribution is 2.27. The van der Waals surface area contributed by atoms with Crippen molar-refractivity contribution in [2.75, 3.05) is 39.3 Å². The van der Waals surface area contributed by atoms with E-state index in [0.29, 0.717) is 0 Å². The molecule has 28 heavy (non-hydrogen) atoms. The summed E-state index contributed by atoms with van der Waals surface area (Å²) in [4.78, 5) is 49.3. The van der Waals surface area contributed by atoms with Crippen LogP contribution in [0.4, 0.5) is 0 Å². The minimum atomic E-state index is -1.52. The van der Waals surface area contributed by atoms with Gasteiger partial charge in [0.2, 0.25) is 0 Å². The van der Waals surface area contributed by atoms with Crippen LogP contribution in [0.2, 0.25) is 0 Å². The van der Waals surface area contributed by atoms with Crippen molar-refractivity contribution in [3.05, 3.63) is 0 Å². The third-order valence-electron chi connectivity index (χ3n) is 5.42. The highest BCUT2D eigenvalue weighted by atomic mass is 16.4. The third kappa shape index (κ3) is 5.88. The van der Waals surface area contributed by atoms with Crippen LogP contribution < -0.4 is 20.4 Å². The molecule has 0 aromatic heterocycles. The number of rotatable bonds is 10. The van der Waals surface area contributed by atoms with Crippen molar-refractivity contribution in [2.45, 2.75) is 44.8 Å². The van der Waals surface area contributed by atoms with Gasteiger partial charge in [0.15, 0.2) is 0 Å². The van der Waals surface area contributed by atoms with Gasteiger partial charge in [-0.05, 0) is 20.3 Å². The van der Waals surface area contributed by atoms with Gasteiger partial charge in [-0.1, -0.05) is 6.92 Å². The molecule has 11 nitrogen and oxygen atoms in total. The molecule has 0 bridgehead atoms. The average molecular weight is 399 g/mol. The molecule has 0 radical (unpaired) electrons. The van der Waals surface area contributed by atoms with Crippen molar-refractivity contribution in [1.82, 2.24) is 14.7 Å². The summed E-state index contributed by atoms with van der Waals surface area (Å²) >= 11 is 0. The first-order valence-electron chi connectivity index (χ1n) is 8.98. The van der Waals surface area contributed by atoms with E-state index in [1.54, 1.807) is 6.92 Å². The molecule has 0 aromatic rings. The molecular weight excluding hydrogens is 374 g/mol. The lowest BCUT2D eigenvalue weighted by molar-refractivity contribution is -0.316. The van der Waals surface area contributed by atoms with E-state index in [1.807, 2.05) is 0 Å². The summed E-state index contributed by atoms with van der Waals surface area (Å²) in [5, 5.41) is 45.2. The fraction of sp³-hybridized carbons (Fsp3) is 0.765. The zero-order valence-electron chi connectivity index (χ0n) is 16.2. The van der Waals surface area contributed by atoms with E-state index in [4.69, 9.17) is 0 Å². The molecule has 11 heteroatoms. The van der Waals surface area contributed by atoms with Crippen LogP contribution in [0.1, 0.15) is 27.2 Å².